The minimum absolute atomic E-state index is 0.229. The van der Waals surface area contributed by atoms with E-state index in [0.717, 1.165) is 5.69 Å². The monoisotopic (exact) mass is 306 g/mol. The van der Waals surface area contributed by atoms with E-state index >= 15 is 0 Å². The molecule has 1 heterocycles. The van der Waals surface area contributed by atoms with Gasteiger partial charge in [0.2, 0.25) is 0 Å². The van der Waals surface area contributed by atoms with E-state index in [1.807, 2.05) is 36.4 Å². The van der Waals surface area contributed by atoms with E-state index in [0.29, 0.717) is 16.7 Å². The standard InChI is InChI=1S/C16H14N6O/c1-12(18-20-13-7-3-2-4-8-13)19-21-22-11-17-15-10-6-5-9-14(15)16(22)23/h2-11,21H,1H3. The first-order valence-electron chi connectivity index (χ1n) is 6.97. The number of hydrogen-bond donors (Lipinski definition) is 1. The Morgan fingerprint density at radius 1 is 1.09 bits per heavy atom. The van der Waals surface area contributed by atoms with E-state index in [4.69, 9.17) is 0 Å². The summed E-state index contributed by atoms with van der Waals surface area (Å²) in [6.45, 7) is 1.68. The zero-order valence-corrected chi connectivity index (χ0v) is 12.4. The van der Waals surface area contributed by atoms with Gasteiger partial charge in [0, 0.05) is 0 Å². The molecule has 0 aliphatic heterocycles. The second kappa shape index (κ2) is 6.61. The fourth-order valence-corrected chi connectivity index (χ4v) is 1.91. The van der Waals surface area contributed by atoms with Crippen molar-refractivity contribution in [2.45, 2.75) is 6.92 Å². The molecular weight excluding hydrogens is 292 g/mol. The van der Waals surface area contributed by atoms with Gasteiger partial charge in [0.15, 0.2) is 5.84 Å². The van der Waals surface area contributed by atoms with Gasteiger partial charge in [0.1, 0.15) is 6.33 Å². The molecule has 0 unspecified atom stereocenters. The quantitative estimate of drug-likeness (QED) is 0.349. The molecule has 3 rings (SSSR count). The Morgan fingerprint density at radius 2 is 1.83 bits per heavy atom. The number of hydrogen-bond acceptors (Lipinski definition) is 5. The summed E-state index contributed by atoms with van der Waals surface area (Å²) in [6.07, 6.45) is 1.38. The number of aromatic nitrogens is 2. The van der Waals surface area contributed by atoms with Crippen LogP contribution in [0.2, 0.25) is 0 Å². The summed E-state index contributed by atoms with van der Waals surface area (Å²) in [5.74, 6) is 0.383. The summed E-state index contributed by atoms with van der Waals surface area (Å²) in [4.78, 5) is 16.4. The molecule has 2 aromatic carbocycles. The van der Waals surface area contributed by atoms with Crippen LogP contribution in [0.15, 0.2) is 81.0 Å². The molecule has 7 heteroatoms. The molecule has 0 saturated carbocycles. The average Bonchev–Trinajstić information content (AvgIpc) is 2.60. The maximum atomic E-state index is 12.3. The number of nitrogens with zero attached hydrogens (tertiary/aromatic N) is 5. The van der Waals surface area contributed by atoms with E-state index in [2.05, 4.69) is 25.8 Å². The maximum absolute atomic E-state index is 12.3. The molecule has 0 atom stereocenters. The third kappa shape index (κ3) is 3.46. The van der Waals surface area contributed by atoms with Gasteiger partial charge in [0.25, 0.3) is 5.56 Å². The van der Waals surface area contributed by atoms with Crippen molar-refractivity contribution >= 4 is 22.4 Å². The number of azo groups is 1. The zero-order chi connectivity index (χ0) is 16.1. The molecule has 1 aromatic heterocycles. The highest BCUT2D eigenvalue weighted by Gasteiger charge is 2.02. The Kier molecular flexibility index (Phi) is 4.19. The molecule has 0 saturated heterocycles. The first kappa shape index (κ1) is 14.6. The number of hydrazone groups is 1. The lowest BCUT2D eigenvalue weighted by Gasteiger charge is -2.04. The molecular formula is C16H14N6O. The minimum atomic E-state index is -0.229. The van der Waals surface area contributed by atoms with Gasteiger partial charge in [-0.05, 0) is 31.2 Å². The van der Waals surface area contributed by atoms with Crippen molar-refractivity contribution in [2.24, 2.45) is 15.3 Å². The third-order valence-corrected chi connectivity index (χ3v) is 3.05. The van der Waals surface area contributed by atoms with Crippen LogP contribution in [0.5, 0.6) is 0 Å². The number of fused-ring (bicyclic) bond motifs is 1. The van der Waals surface area contributed by atoms with Crippen molar-refractivity contribution in [3.05, 3.63) is 71.3 Å². The maximum Gasteiger partial charge on any atom is 0.281 e. The van der Waals surface area contributed by atoms with Crippen LogP contribution in [0.25, 0.3) is 10.9 Å². The second-order valence-corrected chi connectivity index (χ2v) is 4.73. The molecule has 23 heavy (non-hydrogen) atoms. The van der Waals surface area contributed by atoms with Crippen molar-refractivity contribution in [1.82, 2.24) is 9.66 Å². The second-order valence-electron chi connectivity index (χ2n) is 4.73. The lowest BCUT2D eigenvalue weighted by molar-refractivity contribution is 0.819. The first-order valence-corrected chi connectivity index (χ1v) is 6.97. The molecule has 7 nitrogen and oxygen atoms in total. The van der Waals surface area contributed by atoms with Crippen LogP contribution in [-0.2, 0) is 0 Å². The Hall–Kier alpha value is -3.35. The summed E-state index contributed by atoms with van der Waals surface area (Å²) in [7, 11) is 0. The van der Waals surface area contributed by atoms with Gasteiger partial charge in [-0.1, -0.05) is 30.3 Å². The number of para-hydroxylation sites is 1. The van der Waals surface area contributed by atoms with Gasteiger partial charge in [-0.2, -0.15) is 4.68 Å². The van der Waals surface area contributed by atoms with E-state index in [9.17, 15) is 4.79 Å². The Morgan fingerprint density at radius 3 is 2.65 bits per heavy atom. The van der Waals surface area contributed by atoms with Crippen LogP contribution in [0, 0.1) is 0 Å². The van der Waals surface area contributed by atoms with Gasteiger partial charge in [-0.25, -0.2) is 10.5 Å². The SMILES string of the molecule is CC(N=Nc1ccccc1)=NNn1cnc2ccccc2c1=O. The Balaban J connectivity index is 1.78. The van der Waals surface area contributed by atoms with Crippen LogP contribution in [0.4, 0.5) is 5.69 Å². The molecule has 0 amide bonds. The summed E-state index contributed by atoms with van der Waals surface area (Å²) >= 11 is 0. The van der Waals surface area contributed by atoms with E-state index in [1.54, 1.807) is 25.1 Å². The highest BCUT2D eigenvalue weighted by Crippen LogP contribution is 2.10. The molecule has 0 aliphatic rings. The fourth-order valence-electron chi connectivity index (χ4n) is 1.91. The molecule has 114 valence electrons. The summed E-state index contributed by atoms with van der Waals surface area (Å²) < 4.78 is 1.20. The molecule has 0 bridgehead atoms. The van der Waals surface area contributed by atoms with Crippen molar-refractivity contribution in [1.29, 1.82) is 0 Å². The van der Waals surface area contributed by atoms with Gasteiger partial charge in [-0.15, -0.1) is 15.3 Å². The van der Waals surface area contributed by atoms with Gasteiger partial charge < -0.3 is 0 Å². The number of rotatable bonds is 3. The molecule has 0 spiro atoms. The smallest absolute Gasteiger partial charge is 0.267 e. The third-order valence-electron chi connectivity index (χ3n) is 3.05. The molecule has 1 N–H and O–H groups in total. The van der Waals surface area contributed by atoms with Gasteiger partial charge in [-0.3, -0.25) is 4.79 Å². The number of nitrogens with one attached hydrogen (secondary N) is 1. The van der Waals surface area contributed by atoms with Gasteiger partial charge in [0.05, 0.1) is 16.6 Å². The highest BCUT2D eigenvalue weighted by atomic mass is 16.1. The largest absolute Gasteiger partial charge is 0.281 e. The van der Waals surface area contributed by atoms with Crippen molar-refractivity contribution in [3.63, 3.8) is 0 Å². The van der Waals surface area contributed by atoms with Crippen molar-refractivity contribution in [3.8, 4) is 0 Å². The van der Waals surface area contributed by atoms with E-state index < -0.39 is 0 Å². The van der Waals surface area contributed by atoms with E-state index in [1.165, 1.54) is 11.0 Å². The predicted octanol–water partition coefficient (Wildman–Crippen LogP) is 3.06. The van der Waals surface area contributed by atoms with Crippen LogP contribution < -0.4 is 11.1 Å². The normalized spacial score (nSPS) is 12.0. The molecule has 3 aromatic rings. The zero-order valence-electron chi connectivity index (χ0n) is 12.4. The van der Waals surface area contributed by atoms with Crippen LogP contribution >= 0.6 is 0 Å². The lowest BCUT2D eigenvalue weighted by atomic mass is 10.2. The Labute approximate surface area is 132 Å². The van der Waals surface area contributed by atoms with Gasteiger partial charge >= 0.3 is 0 Å². The highest BCUT2D eigenvalue weighted by molar-refractivity contribution is 5.80. The molecule has 0 fully saturated rings. The molecule has 0 aliphatic carbocycles. The summed E-state index contributed by atoms with van der Waals surface area (Å²) in [5, 5.41) is 12.5. The topological polar surface area (TPSA) is 84.0 Å². The van der Waals surface area contributed by atoms with Crippen LogP contribution in [0.1, 0.15) is 6.92 Å². The van der Waals surface area contributed by atoms with Crippen LogP contribution in [0.3, 0.4) is 0 Å². The first-order chi connectivity index (χ1) is 11.2. The average molecular weight is 306 g/mol. The number of benzene rings is 2. The number of amidine groups is 1. The minimum Gasteiger partial charge on any atom is -0.267 e. The van der Waals surface area contributed by atoms with Crippen molar-refractivity contribution < 1.29 is 0 Å². The van der Waals surface area contributed by atoms with E-state index in [-0.39, 0.29) is 5.56 Å². The fraction of sp³-hybridized carbons (Fsp3) is 0.0625. The van der Waals surface area contributed by atoms with Crippen molar-refractivity contribution in [2.75, 3.05) is 5.53 Å². The predicted molar refractivity (Wildman–Crippen MR) is 89.4 cm³/mol. The lowest BCUT2D eigenvalue weighted by Crippen LogP contribution is -2.26. The Bertz CT molecular complexity index is 930. The summed E-state index contributed by atoms with van der Waals surface area (Å²) in [6, 6.07) is 16.4. The molecule has 0 radical (unpaired) electrons. The summed E-state index contributed by atoms with van der Waals surface area (Å²) in [5.41, 5.74) is 3.75. The van der Waals surface area contributed by atoms with Crippen LogP contribution in [-0.4, -0.2) is 15.5 Å².